The van der Waals surface area contributed by atoms with Crippen LogP contribution < -0.4 is 5.32 Å². The van der Waals surface area contributed by atoms with E-state index in [0.29, 0.717) is 28.6 Å². The van der Waals surface area contributed by atoms with Crippen LogP contribution in [0.1, 0.15) is 55.7 Å². The molecule has 2 amide bonds. The SMILES string of the molecule is CCC(C(=O)NC1CCCC1)N(Cc1cccc(C)c1)C(=O)Cc1c(Cl)cccc1Cl. The van der Waals surface area contributed by atoms with Gasteiger partial charge in [0.1, 0.15) is 6.04 Å². The van der Waals surface area contributed by atoms with E-state index in [4.69, 9.17) is 23.2 Å². The number of aryl methyl sites for hydroxylation is 1. The number of halogens is 2. The van der Waals surface area contributed by atoms with E-state index in [0.717, 1.165) is 36.8 Å². The lowest BCUT2D eigenvalue weighted by Gasteiger charge is -2.32. The summed E-state index contributed by atoms with van der Waals surface area (Å²) < 4.78 is 0. The van der Waals surface area contributed by atoms with E-state index in [1.165, 1.54) is 0 Å². The Balaban J connectivity index is 1.86. The maximum Gasteiger partial charge on any atom is 0.243 e. The highest BCUT2D eigenvalue weighted by Crippen LogP contribution is 2.26. The summed E-state index contributed by atoms with van der Waals surface area (Å²) in [6.45, 7) is 4.32. The van der Waals surface area contributed by atoms with Gasteiger partial charge in [-0.2, -0.15) is 0 Å². The molecule has 0 spiro atoms. The first-order valence-corrected chi connectivity index (χ1v) is 11.7. The van der Waals surface area contributed by atoms with Gasteiger partial charge >= 0.3 is 0 Å². The summed E-state index contributed by atoms with van der Waals surface area (Å²) in [6, 6.07) is 12.9. The second kappa shape index (κ2) is 11.0. The summed E-state index contributed by atoms with van der Waals surface area (Å²) in [4.78, 5) is 28.3. The van der Waals surface area contributed by atoms with E-state index in [2.05, 4.69) is 5.32 Å². The van der Waals surface area contributed by atoms with Gasteiger partial charge in [-0.15, -0.1) is 0 Å². The average molecular weight is 461 g/mol. The van der Waals surface area contributed by atoms with Crippen molar-refractivity contribution in [3.8, 4) is 0 Å². The third-order valence-corrected chi connectivity index (χ3v) is 6.62. The first-order valence-electron chi connectivity index (χ1n) is 11.0. The number of nitrogens with one attached hydrogen (secondary N) is 1. The normalized spacial score (nSPS) is 15.0. The largest absolute Gasteiger partial charge is 0.352 e. The van der Waals surface area contributed by atoms with E-state index in [1.807, 2.05) is 38.1 Å². The molecule has 0 aromatic heterocycles. The summed E-state index contributed by atoms with van der Waals surface area (Å²) >= 11 is 12.6. The minimum absolute atomic E-state index is 0.0531. The molecule has 1 atom stereocenters. The molecule has 1 aliphatic rings. The summed E-state index contributed by atoms with van der Waals surface area (Å²) in [5, 5.41) is 4.08. The highest BCUT2D eigenvalue weighted by atomic mass is 35.5. The van der Waals surface area contributed by atoms with Crippen molar-refractivity contribution in [3.05, 3.63) is 69.2 Å². The van der Waals surface area contributed by atoms with Gasteiger partial charge in [0.2, 0.25) is 11.8 Å². The molecule has 0 aliphatic heterocycles. The average Bonchev–Trinajstić information content (AvgIpc) is 3.23. The van der Waals surface area contributed by atoms with Crippen LogP contribution in [0.3, 0.4) is 0 Å². The predicted molar refractivity (Wildman–Crippen MR) is 126 cm³/mol. The van der Waals surface area contributed by atoms with E-state index in [1.54, 1.807) is 23.1 Å². The lowest BCUT2D eigenvalue weighted by atomic mass is 10.0. The van der Waals surface area contributed by atoms with E-state index < -0.39 is 6.04 Å². The smallest absolute Gasteiger partial charge is 0.243 e. The van der Waals surface area contributed by atoms with Crippen LogP contribution in [-0.2, 0) is 22.6 Å². The summed E-state index contributed by atoms with van der Waals surface area (Å²) in [6.07, 6.45) is 4.87. The van der Waals surface area contributed by atoms with Crippen LogP contribution in [0.4, 0.5) is 0 Å². The first-order chi connectivity index (χ1) is 14.9. The fraction of sp³-hybridized carbons (Fsp3) is 0.440. The Morgan fingerprint density at radius 2 is 1.74 bits per heavy atom. The Kier molecular flexibility index (Phi) is 8.39. The maximum absolute atomic E-state index is 13.5. The van der Waals surface area contributed by atoms with E-state index in [9.17, 15) is 9.59 Å². The molecule has 0 saturated heterocycles. The Labute approximate surface area is 194 Å². The van der Waals surface area contributed by atoms with Gasteiger partial charge in [0.25, 0.3) is 0 Å². The number of amides is 2. The van der Waals surface area contributed by atoms with Crippen molar-refractivity contribution in [2.24, 2.45) is 0 Å². The molecule has 1 fully saturated rings. The Morgan fingerprint density at radius 3 is 2.35 bits per heavy atom. The maximum atomic E-state index is 13.5. The van der Waals surface area contributed by atoms with Crippen molar-refractivity contribution < 1.29 is 9.59 Å². The first kappa shape index (κ1) is 23.6. The van der Waals surface area contributed by atoms with Gasteiger partial charge in [-0.1, -0.05) is 78.9 Å². The van der Waals surface area contributed by atoms with Gasteiger partial charge < -0.3 is 10.2 Å². The van der Waals surface area contributed by atoms with Gasteiger partial charge in [0.05, 0.1) is 6.42 Å². The van der Waals surface area contributed by atoms with Crippen molar-refractivity contribution in [2.75, 3.05) is 0 Å². The zero-order valence-electron chi connectivity index (χ0n) is 18.2. The summed E-state index contributed by atoms with van der Waals surface area (Å²) in [5.41, 5.74) is 2.70. The van der Waals surface area contributed by atoms with Crippen LogP contribution in [0.2, 0.25) is 10.0 Å². The Hall–Kier alpha value is -2.04. The molecule has 1 saturated carbocycles. The number of carbonyl (C=O) groups excluding carboxylic acids is 2. The molecule has 166 valence electrons. The number of hydrogen-bond donors (Lipinski definition) is 1. The third kappa shape index (κ3) is 6.24. The van der Waals surface area contributed by atoms with Crippen LogP contribution in [0.5, 0.6) is 0 Å². The van der Waals surface area contributed by atoms with Gasteiger partial charge in [0.15, 0.2) is 0 Å². The molecule has 1 aliphatic carbocycles. The highest BCUT2D eigenvalue weighted by Gasteiger charge is 2.31. The lowest BCUT2D eigenvalue weighted by molar-refractivity contribution is -0.141. The van der Waals surface area contributed by atoms with Crippen molar-refractivity contribution in [2.45, 2.75) is 71.0 Å². The van der Waals surface area contributed by atoms with Crippen molar-refractivity contribution in [1.29, 1.82) is 0 Å². The topological polar surface area (TPSA) is 49.4 Å². The van der Waals surface area contributed by atoms with Crippen LogP contribution in [-0.4, -0.2) is 28.8 Å². The summed E-state index contributed by atoms with van der Waals surface area (Å²) in [7, 11) is 0. The molecule has 2 aromatic rings. The lowest BCUT2D eigenvalue weighted by Crippen LogP contribution is -2.51. The fourth-order valence-electron chi connectivity index (χ4n) is 4.25. The zero-order valence-corrected chi connectivity index (χ0v) is 19.7. The monoisotopic (exact) mass is 460 g/mol. The Bertz CT molecular complexity index is 905. The molecule has 31 heavy (non-hydrogen) atoms. The van der Waals surface area contributed by atoms with Crippen molar-refractivity contribution in [3.63, 3.8) is 0 Å². The molecule has 0 heterocycles. The molecule has 3 rings (SSSR count). The van der Waals surface area contributed by atoms with Gasteiger partial charge in [-0.25, -0.2) is 0 Å². The molecule has 0 radical (unpaired) electrons. The number of hydrogen-bond acceptors (Lipinski definition) is 2. The second-order valence-corrected chi connectivity index (χ2v) is 9.12. The molecule has 0 bridgehead atoms. The van der Waals surface area contributed by atoms with E-state index >= 15 is 0 Å². The molecular weight excluding hydrogens is 431 g/mol. The molecular formula is C25H30Cl2N2O2. The standard InChI is InChI=1S/C25H30Cl2N2O2/c1-3-23(25(31)28-19-10-4-5-11-19)29(16-18-9-6-8-17(2)14-18)24(30)15-20-21(26)12-7-13-22(20)27/h6-9,12-14,19,23H,3-5,10-11,15-16H2,1-2H3,(H,28,31). The van der Waals surface area contributed by atoms with Crippen molar-refractivity contribution in [1.82, 2.24) is 10.2 Å². The number of benzene rings is 2. The molecule has 2 aromatic carbocycles. The van der Waals surface area contributed by atoms with Gasteiger partial charge in [-0.05, 0) is 49.4 Å². The van der Waals surface area contributed by atoms with Crippen LogP contribution in [0.15, 0.2) is 42.5 Å². The molecule has 6 heteroatoms. The second-order valence-electron chi connectivity index (χ2n) is 8.30. The quantitative estimate of drug-likeness (QED) is 0.548. The fourth-order valence-corrected chi connectivity index (χ4v) is 4.78. The number of rotatable bonds is 8. The third-order valence-electron chi connectivity index (χ3n) is 5.91. The van der Waals surface area contributed by atoms with Crippen LogP contribution >= 0.6 is 23.2 Å². The van der Waals surface area contributed by atoms with Crippen LogP contribution in [0.25, 0.3) is 0 Å². The zero-order chi connectivity index (χ0) is 22.4. The summed E-state index contributed by atoms with van der Waals surface area (Å²) in [5.74, 6) is -0.245. The number of nitrogens with zero attached hydrogens (tertiary/aromatic N) is 1. The molecule has 1 N–H and O–H groups in total. The molecule has 1 unspecified atom stereocenters. The van der Waals surface area contributed by atoms with Crippen molar-refractivity contribution >= 4 is 35.0 Å². The highest BCUT2D eigenvalue weighted by molar-refractivity contribution is 6.36. The van der Waals surface area contributed by atoms with Gasteiger partial charge in [0, 0.05) is 22.6 Å². The Morgan fingerprint density at radius 1 is 1.10 bits per heavy atom. The molecule has 4 nitrogen and oxygen atoms in total. The predicted octanol–water partition coefficient (Wildman–Crippen LogP) is 5.71. The minimum atomic E-state index is -0.546. The van der Waals surface area contributed by atoms with Crippen LogP contribution in [0, 0.1) is 6.92 Å². The number of carbonyl (C=O) groups is 2. The van der Waals surface area contributed by atoms with E-state index in [-0.39, 0.29) is 24.3 Å². The van der Waals surface area contributed by atoms with Gasteiger partial charge in [-0.3, -0.25) is 9.59 Å². The minimum Gasteiger partial charge on any atom is -0.352 e.